The molecule has 7 nitrogen and oxygen atoms in total. The molecular weight excluding hydrogens is 323 g/mol. The van der Waals surface area contributed by atoms with Crippen LogP contribution in [0.25, 0.3) is 0 Å². The van der Waals surface area contributed by atoms with Crippen molar-refractivity contribution < 1.29 is 25.2 Å². The summed E-state index contributed by atoms with van der Waals surface area (Å²) >= 11 is 11.8. The lowest BCUT2D eigenvalue weighted by Gasteiger charge is -2.40. The minimum absolute atomic E-state index is 0.217. The normalized spacial score (nSPS) is 33.0. The van der Waals surface area contributed by atoms with Crippen molar-refractivity contribution >= 4 is 34.6 Å². The Hall–Kier alpha value is -0.800. The van der Waals surface area contributed by atoms with Crippen molar-refractivity contribution in [1.82, 2.24) is 0 Å². The lowest BCUT2D eigenvalue weighted by atomic mass is 9.98. The summed E-state index contributed by atoms with van der Waals surface area (Å²) in [7, 11) is 0. The second-order valence-corrected chi connectivity index (χ2v) is 5.56. The van der Waals surface area contributed by atoms with Gasteiger partial charge in [0.2, 0.25) is 0 Å². The Balaban J connectivity index is 2.18. The van der Waals surface area contributed by atoms with E-state index >= 15 is 0 Å². The third-order valence-corrected chi connectivity index (χ3v) is 3.91. The van der Waals surface area contributed by atoms with E-state index in [0.29, 0.717) is 5.69 Å². The largest absolute Gasteiger partial charge is 0.396 e. The molecule has 9 heteroatoms. The van der Waals surface area contributed by atoms with Gasteiger partial charge in [-0.25, -0.2) is 0 Å². The first-order valence-electron chi connectivity index (χ1n) is 6.16. The Morgan fingerprint density at radius 3 is 2.19 bits per heavy atom. The summed E-state index contributed by atoms with van der Waals surface area (Å²) < 4.78 is 5.31. The van der Waals surface area contributed by atoms with E-state index in [0.717, 1.165) is 0 Å². The van der Waals surface area contributed by atoms with Gasteiger partial charge in [-0.2, -0.15) is 0 Å². The molecule has 1 heterocycles. The van der Waals surface area contributed by atoms with Crippen LogP contribution in [0, 0.1) is 0 Å². The molecule has 2 rings (SSSR count). The Kier molecular flexibility index (Phi) is 5.15. The van der Waals surface area contributed by atoms with Gasteiger partial charge >= 0.3 is 0 Å². The monoisotopic (exact) mass is 338 g/mol. The highest BCUT2D eigenvalue weighted by atomic mass is 35.5. The van der Waals surface area contributed by atoms with E-state index in [-0.39, 0.29) is 15.7 Å². The molecule has 1 aliphatic heterocycles. The number of benzene rings is 1. The van der Waals surface area contributed by atoms with Crippen molar-refractivity contribution in [2.75, 3.05) is 17.7 Å². The number of hydrogen-bond acceptors (Lipinski definition) is 7. The Morgan fingerprint density at radius 1 is 1.10 bits per heavy atom. The van der Waals surface area contributed by atoms with Gasteiger partial charge in [0.25, 0.3) is 0 Å². The molecule has 0 unspecified atom stereocenters. The fourth-order valence-electron chi connectivity index (χ4n) is 2.05. The fraction of sp³-hybridized carbons (Fsp3) is 0.500. The van der Waals surface area contributed by atoms with Crippen LogP contribution in [0.1, 0.15) is 0 Å². The van der Waals surface area contributed by atoms with Crippen LogP contribution in [0.5, 0.6) is 0 Å². The van der Waals surface area contributed by atoms with Crippen molar-refractivity contribution in [3.05, 3.63) is 22.2 Å². The predicted molar refractivity (Wildman–Crippen MR) is 78.3 cm³/mol. The van der Waals surface area contributed by atoms with Crippen molar-refractivity contribution in [3.8, 4) is 0 Å². The molecule has 0 aromatic heterocycles. The van der Waals surface area contributed by atoms with Crippen LogP contribution in [0.3, 0.4) is 0 Å². The third-order valence-electron chi connectivity index (χ3n) is 3.28. The van der Waals surface area contributed by atoms with Crippen LogP contribution < -0.4 is 11.1 Å². The SMILES string of the molecule is Nc1c(Cl)cc(N[C@@H]2O[C@H](CO)[C@H](O)[C@H](O)[C@H]2O)cc1Cl. The van der Waals surface area contributed by atoms with E-state index < -0.39 is 37.3 Å². The molecule has 0 amide bonds. The van der Waals surface area contributed by atoms with E-state index in [2.05, 4.69) is 5.32 Å². The number of halogens is 2. The number of aliphatic hydroxyl groups is 4. The average molecular weight is 339 g/mol. The van der Waals surface area contributed by atoms with E-state index in [9.17, 15) is 15.3 Å². The van der Waals surface area contributed by atoms with Gasteiger partial charge in [-0.1, -0.05) is 23.2 Å². The molecule has 1 aliphatic rings. The van der Waals surface area contributed by atoms with Crippen LogP contribution in [0.15, 0.2) is 12.1 Å². The lowest BCUT2D eigenvalue weighted by molar-refractivity contribution is -0.221. The van der Waals surface area contributed by atoms with E-state index in [1.807, 2.05) is 0 Å². The quantitative estimate of drug-likeness (QED) is 0.420. The van der Waals surface area contributed by atoms with Crippen molar-refractivity contribution in [2.24, 2.45) is 0 Å². The first kappa shape index (κ1) is 16.6. The number of nitrogens with one attached hydrogen (secondary N) is 1. The summed E-state index contributed by atoms with van der Waals surface area (Å²) in [6.07, 6.45) is -6.34. The van der Waals surface area contributed by atoms with Crippen LogP contribution in [0.2, 0.25) is 10.0 Å². The first-order valence-corrected chi connectivity index (χ1v) is 6.92. The van der Waals surface area contributed by atoms with E-state index in [1.54, 1.807) is 0 Å². The molecule has 1 aromatic carbocycles. The van der Waals surface area contributed by atoms with E-state index in [1.165, 1.54) is 12.1 Å². The van der Waals surface area contributed by atoms with E-state index in [4.69, 9.17) is 38.8 Å². The molecule has 5 atom stereocenters. The Labute approximate surface area is 130 Å². The number of anilines is 2. The molecule has 1 saturated heterocycles. The minimum Gasteiger partial charge on any atom is -0.396 e. The summed E-state index contributed by atoms with van der Waals surface area (Å²) in [5, 5.41) is 41.6. The smallest absolute Gasteiger partial charge is 0.157 e. The molecule has 1 aromatic rings. The van der Waals surface area contributed by atoms with Crippen LogP contribution in [-0.4, -0.2) is 57.7 Å². The zero-order valence-corrected chi connectivity index (χ0v) is 12.3. The van der Waals surface area contributed by atoms with Gasteiger partial charge in [0.1, 0.15) is 24.4 Å². The van der Waals surface area contributed by atoms with Gasteiger partial charge < -0.3 is 36.2 Å². The predicted octanol–water partition coefficient (Wildman–Crippen LogP) is -0.213. The highest BCUT2D eigenvalue weighted by Gasteiger charge is 2.43. The van der Waals surface area contributed by atoms with Crippen molar-refractivity contribution in [1.29, 1.82) is 0 Å². The second-order valence-electron chi connectivity index (χ2n) is 4.75. The zero-order valence-electron chi connectivity index (χ0n) is 10.8. The molecular formula is C12H16Cl2N2O5. The van der Waals surface area contributed by atoms with Crippen molar-refractivity contribution in [3.63, 3.8) is 0 Å². The van der Waals surface area contributed by atoms with Gasteiger partial charge in [0, 0.05) is 5.69 Å². The molecule has 0 aliphatic carbocycles. The maximum atomic E-state index is 9.91. The Bertz CT molecular complexity index is 493. The number of rotatable bonds is 3. The maximum absolute atomic E-state index is 9.91. The summed E-state index contributed by atoms with van der Waals surface area (Å²) in [6.45, 7) is -0.508. The highest BCUT2D eigenvalue weighted by Crippen LogP contribution is 2.32. The molecule has 0 saturated carbocycles. The zero-order chi connectivity index (χ0) is 15.7. The van der Waals surface area contributed by atoms with Gasteiger partial charge in [-0.3, -0.25) is 0 Å². The molecule has 21 heavy (non-hydrogen) atoms. The average Bonchev–Trinajstić information content (AvgIpc) is 2.45. The first-order chi connectivity index (χ1) is 9.85. The van der Waals surface area contributed by atoms with Crippen LogP contribution >= 0.6 is 23.2 Å². The lowest BCUT2D eigenvalue weighted by Crippen LogP contribution is -2.60. The number of ether oxygens (including phenoxy) is 1. The molecule has 0 bridgehead atoms. The number of nitrogen functional groups attached to an aromatic ring is 1. The highest BCUT2D eigenvalue weighted by molar-refractivity contribution is 6.39. The third kappa shape index (κ3) is 3.35. The molecule has 0 radical (unpaired) electrons. The summed E-state index contributed by atoms with van der Waals surface area (Å²) in [4.78, 5) is 0. The van der Waals surface area contributed by atoms with Gasteiger partial charge in [0.15, 0.2) is 6.23 Å². The van der Waals surface area contributed by atoms with Gasteiger partial charge in [0.05, 0.1) is 22.3 Å². The van der Waals surface area contributed by atoms with Crippen LogP contribution in [0.4, 0.5) is 11.4 Å². The molecule has 0 spiro atoms. The second kappa shape index (κ2) is 6.53. The number of hydrogen-bond donors (Lipinski definition) is 6. The summed E-state index contributed by atoms with van der Waals surface area (Å²) in [5.74, 6) is 0. The summed E-state index contributed by atoms with van der Waals surface area (Å²) in [6, 6.07) is 2.95. The van der Waals surface area contributed by atoms with Gasteiger partial charge in [-0.05, 0) is 12.1 Å². The maximum Gasteiger partial charge on any atom is 0.157 e. The van der Waals surface area contributed by atoms with Crippen molar-refractivity contribution in [2.45, 2.75) is 30.6 Å². The molecule has 1 fully saturated rings. The van der Waals surface area contributed by atoms with Gasteiger partial charge in [-0.15, -0.1) is 0 Å². The van der Waals surface area contributed by atoms with Crippen LogP contribution in [-0.2, 0) is 4.74 Å². The Morgan fingerprint density at radius 2 is 1.67 bits per heavy atom. The fourth-order valence-corrected chi connectivity index (χ4v) is 2.54. The number of nitrogens with two attached hydrogens (primary N) is 1. The minimum atomic E-state index is -1.46. The molecule has 7 N–H and O–H groups in total. The standard InChI is InChI=1S/C12H16Cl2N2O5/c13-5-1-4(2-6(14)8(5)15)16-12-11(20)10(19)9(18)7(3-17)21-12/h1-2,7,9-12,16-20H,3,15H2/t7-,9+,10+,11-,12-/m1/s1. The topological polar surface area (TPSA) is 128 Å². The molecule has 118 valence electrons. The summed E-state index contributed by atoms with van der Waals surface area (Å²) in [5.41, 5.74) is 6.24. The number of aliphatic hydroxyl groups excluding tert-OH is 4.